The molecule has 2 aromatic carbocycles. The molecular weight excluding hydrogens is 344 g/mol. The number of hydrogen-bond acceptors (Lipinski definition) is 3. The highest BCUT2D eigenvalue weighted by Gasteiger charge is 2.11. The average Bonchev–Trinajstić information content (AvgIpc) is 2.97. The minimum atomic E-state index is 0.786. The first-order chi connectivity index (χ1) is 10.7. The second-order valence-corrected chi connectivity index (χ2v) is 5.50. The molecule has 0 unspecified atom stereocenters. The molecule has 22 heavy (non-hydrogen) atoms. The molecule has 0 aliphatic heterocycles. The van der Waals surface area contributed by atoms with Crippen LogP contribution in [0, 0.1) is 0 Å². The average molecular weight is 359 g/mol. The van der Waals surface area contributed by atoms with Crippen LogP contribution in [0.4, 0.5) is 0 Å². The maximum Gasteiger partial charge on any atom is 0.129 e. The molecule has 4 nitrogen and oxygen atoms in total. The van der Waals surface area contributed by atoms with E-state index in [0.717, 1.165) is 33.0 Å². The molecule has 1 heterocycles. The largest absolute Gasteiger partial charge is 0.497 e. The van der Waals surface area contributed by atoms with Gasteiger partial charge in [-0.3, -0.25) is 0 Å². The first-order valence-corrected chi connectivity index (χ1v) is 7.55. The summed E-state index contributed by atoms with van der Waals surface area (Å²) in [4.78, 5) is 0. The van der Waals surface area contributed by atoms with Crippen molar-refractivity contribution in [2.75, 3.05) is 14.2 Å². The van der Waals surface area contributed by atoms with Crippen LogP contribution in [0.15, 0.2) is 59.2 Å². The number of benzene rings is 2. The summed E-state index contributed by atoms with van der Waals surface area (Å²) in [6.07, 6.45) is 0. The molecule has 0 aliphatic rings. The zero-order chi connectivity index (χ0) is 15.5. The Labute approximate surface area is 137 Å². The highest BCUT2D eigenvalue weighted by atomic mass is 79.9. The Bertz CT molecular complexity index is 699. The lowest BCUT2D eigenvalue weighted by atomic mass is 10.1. The zero-order valence-corrected chi connectivity index (χ0v) is 13.9. The van der Waals surface area contributed by atoms with Crippen molar-refractivity contribution in [3.05, 3.63) is 59.2 Å². The fourth-order valence-corrected chi connectivity index (χ4v) is 2.62. The molecule has 0 atom stereocenters. The van der Waals surface area contributed by atoms with Gasteiger partial charge in [0.25, 0.3) is 0 Å². The van der Waals surface area contributed by atoms with Crippen molar-refractivity contribution in [3.63, 3.8) is 0 Å². The van der Waals surface area contributed by atoms with Gasteiger partial charge in [0.05, 0.1) is 25.6 Å². The third kappa shape index (κ3) is 2.85. The van der Waals surface area contributed by atoms with Gasteiger partial charge >= 0.3 is 0 Å². The van der Waals surface area contributed by atoms with Crippen molar-refractivity contribution in [2.24, 2.45) is 0 Å². The van der Waals surface area contributed by atoms with Crippen molar-refractivity contribution in [1.29, 1.82) is 0 Å². The third-order valence-electron chi connectivity index (χ3n) is 3.38. The topological polar surface area (TPSA) is 36.3 Å². The molecule has 0 saturated carbocycles. The molecule has 0 N–H and O–H groups in total. The van der Waals surface area contributed by atoms with E-state index >= 15 is 0 Å². The normalized spacial score (nSPS) is 10.5. The van der Waals surface area contributed by atoms with Gasteiger partial charge in [0.2, 0.25) is 0 Å². The SMILES string of the molecule is COc1ccc(-c2cc(Br)nn2-c2ccc(OC)cc2)cc1. The van der Waals surface area contributed by atoms with Gasteiger partial charge in [-0.15, -0.1) is 0 Å². The molecule has 3 aromatic rings. The highest BCUT2D eigenvalue weighted by Crippen LogP contribution is 2.28. The minimum Gasteiger partial charge on any atom is -0.497 e. The molecule has 1 aromatic heterocycles. The van der Waals surface area contributed by atoms with Crippen LogP contribution in [0.1, 0.15) is 0 Å². The number of hydrogen-bond donors (Lipinski definition) is 0. The minimum absolute atomic E-state index is 0.786. The van der Waals surface area contributed by atoms with Crippen LogP contribution in [-0.2, 0) is 0 Å². The lowest BCUT2D eigenvalue weighted by Gasteiger charge is -2.09. The van der Waals surface area contributed by atoms with Crippen LogP contribution in [0.2, 0.25) is 0 Å². The van der Waals surface area contributed by atoms with Crippen LogP contribution in [0.25, 0.3) is 16.9 Å². The molecule has 0 saturated heterocycles. The lowest BCUT2D eigenvalue weighted by Crippen LogP contribution is -1.99. The Morgan fingerprint density at radius 1 is 0.864 bits per heavy atom. The predicted octanol–water partition coefficient (Wildman–Crippen LogP) is 4.32. The van der Waals surface area contributed by atoms with Crippen molar-refractivity contribution in [3.8, 4) is 28.4 Å². The second kappa shape index (κ2) is 6.23. The molecule has 5 heteroatoms. The standard InChI is InChI=1S/C17H15BrN2O2/c1-21-14-7-3-12(4-8-14)16-11-17(18)19-20(16)13-5-9-15(22-2)10-6-13/h3-11H,1-2H3. The van der Waals surface area contributed by atoms with Crippen LogP contribution in [0.5, 0.6) is 11.5 Å². The number of nitrogens with zero attached hydrogens (tertiary/aromatic N) is 2. The summed E-state index contributed by atoms with van der Waals surface area (Å²) in [6.45, 7) is 0. The summed E-state index contributed by atoms with van der Waals surface area (Å²) in [6, 6.07) is 17.7. The molecule has 0 bridgehead atoms. The first kappa shape index (κ1) is 14.7. The highest BCUT2D eigenvalue weighted by molar-refractivity contribution is 9.10. The van der Waals surface area contributed by atoms with Gasteiger partial charge in [0, 0.05) is 5.56 Å². The molecule has 3 rings (SSSR count). The summed E-state index contributed by atoms with van der Waals surface area (Å²) in [7, 11) is 3.31. The van der Waals surface area contributed by atoms with Gasteiger partial charge in [-0.1, -0.05) is 0 Å². The van der Waals surface area contributed by atoms with E-state index in [1.54, 1.807) is 14.2 Å². The molecule has 0 amide bonds. The summed E-state index contributed by atoms with van der Waals surface area (Å²) >= 11 is 3.45. The van der Waals surface area contributed by atoms with Crippen molar-refractivity contribution < 1.29 is 9.47 Å². The van der Waals surface area contributed by atoms with E-state index in [2.05, 4.69) is 21.0 Å². The maximum atomic E-state index is 5.21. The van der Waals surface area contributed by atoms with E-state index in [1.165, 1.54) is 0 Å². The van der Waals surface area contributed by atoms with Gasteiger partial charge < -0.3 is 9.47 Å². The lowest BCUT2D eigenvalue weighted by molar-refractivity contribution is 0.414. The van der Waals surface area contributed by atoms with Crippen LogP contribution in [0.3, 0.4) is 0 Å². The number of ether oxygens (including phenoxy) is 2. The zero-order valence-electron chi connectivity index (χ0n) is 12.3. The third-order valence-corrected chi connectivity index (χ3v) is 3.77. The Morgan fingerprint density at radius 2 is 1.41 bits per heavy atom. The molecule has 0 spiro atoms. The number of aromatic nitrogens is 2. The fraction of sp³-hybridized carbons (Fsp3) is 0.118. The van der Waals surface area contributed by atoms with Gasteiger partial charge in [-0.05, 0) is 70.5 Å². The monoisotopic (exact) mass is 358 g/mol. The molecule has 112 valence electrons. The summed E-state index contributed by atoms with van der Waals surface area (Å²) in [5.41, 5.74) is 3.03. The van der Waals surface area contributed by atoms with Crippen molar-refractivity contribution >= 4 is 15.9 Å². The van der Waals surface area contributed by atoms with Crippen molar-refractivity contribution in [2.45, 2.75) is 0 Å². The van der Waals surface area contributed by atoms with Crippen molar-refractivity contribution in [1.82, 2.24) is 9.78 Å². The summed E-state index contributed by atoms with van der Waals surface area (Å²) in [5.74, 6) is 1.65. The molecule has 0 aliphatic carbocycles. The second-order valence-electron chi connectivity index (χ2n) is 4.69. The molecule has 0 fully saturated rings. The summed E-state index contributed by atoms with van der Waals surface area (Å²) < 4.78 is 13.1. The smallest absolute Gasteiger partial charge is 0.129 e. The van der Waals surface area contributed by atoms with Gasteiger partial charge in [0.15, 0.2) is 0 Å². The van der Waals surface area contributed by atoms with Gasteiger partial charge in [-0.25, -0.2) is 4.68 Å². The van der Waals surface area contributed by atoms with E-state index in [-0.39, 0.29) is 0 Å². The number of methoxy groups -OCH3 is 2. The van der Waals surface area contributed by atoms with Gasteiger partial charge in [-0.2, -0.15) is 5.10 Å². The molecule has 0 radical (unpaired) electrons. The van der Waals surface area contributed by atoms with Gasteiger partial charge in [0.1, 0.15) is 16.1 Å². The number of rotatable bonds is 4. The van der Waals surface area contributed by atoms with Crippen LogP contribution < -0.4 is 9.47 Å². The Hall–Kier alpha value is -2.27. The first-order valence-electron chi connectivity index (χ1n) is 6.75. The predicted molar refractivity (Wildman–Crippen MR) is 89.8 cm³/mol. The van der Waals surface area contributed by atoms with E-state index in [1.807, 2.05) is 59.3 Å². The quantitative estimate of drug-likeness (QED) is 0.696. The molecular formula is C17H15BrN2O2. The van der Waals surface area contributed by atoms with E-state index in [9.17, 15) is 0 Å². The Morgan fingerprint density at radius 3 is 1.95 bits per heavy atom. The summed E-state index contributed by atoms with van der Waals surface area (Å²) in [5, 5.41) is 4.52. The van der Waals surface area contributed by atoms with Crippen LogP contribution >= 0.6 is 15.9 Å². The Balaban J connectivity index is 2.04. The fourth-order valence-electron chi connectivity index (χ4n) is 2.24. The van der Waals surface area contributed by atoms with E-state index < -0.39 is 0 Å². The van der Waals surface area contributed by atoms with Crippen LogP contribution in [-0.4, -0.2) is 24.0 Å². The van der Waals surface area contributed by atoms with E-state index in [0.29, 0.717) is 0 Å². The van der Waals surface area contributed by atoms with E-state index in [4.69, 9.17) is 9.47 Å². The maximum absolute atomic E-state index is 5.21. The number of halogens is 1. The Kier molecular flexibility index (Phi) is 4.15.